The van der Waals surface area contributed by atoms with Gasteiger partial charge >= 0.3 is 0 Å². The van der Waals surface area contributed by atoms with Crippen molar-refractivity contribution in [2.45, 2.75) is 26.7 Å². The smallest absolute Gasteiger partial charge is 0.133 e. The molecule has 0 aromatic carbocycles. The second-order valence-electron chi connectivity index (χ2n) is 4.02. The third-order valence-electron chi connectivity index (χ3n) is 2.77. The van der Waals surface area contributed by atoms with Crippen LogP contribution in [0.15, 0.2) is 0 Å². The number of methoxy groups -OCH3 is 1. The van der Waals surface area contributed by atoms with E-state index in [0.717, 1.165) is 35.7 Å². The minimum absolute atomic E-state index is 0.613. The van der Waals surface area contributed by atoms with Gasteiger partial charge in [0.05, 0.1) is 19.8 Å². The molecule has 0 saturated heterocycles. The normalized spacial score (nSPS) is 10.7. The predicted octanol–water partition coefficient (Wildman–Crippen LogP) is 1.59. The minimum Gasteiger partial charge on any atom is -0.382 e. The average Bonchev–Trinajstić information content (AvgIpc) is 2.40. The molecule has 102 valence electrons. The Kier molecular flexibility index (Phi) is 6.60. The van der Waals surface area contributed by atoms with Crippen molar-refractivity contribution in [1.29, 1.82) is 0 Å². The van der Waals surface area contributed by atoms with E-state index in [1.54, 1.807) is 7.11 Å². The van der Waals surface area contributed by atoms with Crippen molar-refractivity contribution in [2.24, 2.45) is 0 Å². The summed E-state index contributed by atoms with van der Waals surface area (Å²) in [6, 6.07) is 0. The number of anilines is 1. The van der Waals surface area contributed by atoms with Crippen LogP contribution in [0.5, 0.6) is 0 Å². The highest BCUT2D eigenvalue weighted by molar-refractivity contribution is 5.45. The standard InChI is InChI=1S/C13H23N3O2/c1-5-11-10(2)13(14-3)16-12(15-11)6-7-18-9-8-17-4/h5-9H2,1-4H3,(H,14,15,16). The van der Waals surface area contributed by atoms with Gasteiger partial charge in [-0.3, -0.25) is 0 Å². The Morgan fingerprint density at radius 2 is 1.94 bits per heavy atom. The Morgan fingerprint density at radius 3 is 2.56 bits per heavy atom. The molecule has 0 radical (unpaired) electrons. The van der Waals surface area contributed by atoms with Crippen LogP contribution in [0.1, 0.15) is 24.0 Å². The Morgan fingerprint density at radius 1 is 1.17 bits per heavy atom. The van der Waals surface area contributed by atoms with Crippen molar-refractivity contribution in [3.8, 4) is 0 Å². The van der Waals surface area contributed by atoms with Gasteiger partial charge in [0.2, 0.25) is 0 Å². The van der Waals surface area contributed by atoms with Gasteiger partial charge in [-0.25, -0.2) is 9.97 Å². The predicted molar refractivity (Wildman–Crippen MR) is 72.1 cm³/mol. The molecule has 5 heteroatoms. The van der Waals surface area contributed by atoms with Gasteiger partial charge < -0.3 is 14.8 Å². The molecule has 1 rings (SSSR count). The monoisotopic (exact) mass is 253 g/mol. The fourth-order valence-electron chi connectivity index (χ4n) is 1.72. The highest BCUT2D eigenvalue weighted by Gasteiger charge is 2.08. The summed E-state index contributed by atoms with van der Waals surface area (Å²) in [5, 5.41) is 3.11. The number of nitrogens with zero attached hydrogens (tertiary/aromatic N) is 2. The molecule has 1 N–H and O–H groups in total. The van der Waals surface area contributed by atoms with Crippen molar-refractivity contribution < 1.29 is 9.47 Å². The lowest BCUT2D eigenvalue weighted by Gasteiger charge is -2.11. The van der Waals surface area contributed by atoms with E-state index in [1.807, 2.05) is 14.0 Å². The van der Waals surface area contributed by atoms with Gasteiger partial charge in [-0.1, -0.05) is 6.92 Å². The van der Waals surface area contributed by atoms with Crippen molar-refractivity contribution in [2.75, 3.05) is 39.3 Å². The van der Waals surface area contributed by atoms with E-state index in [-0.39, 0.29) is 0 Å². The molecule has 0 unspecified atom stereocenters. The molecule has 0 aliphatic rings. The highest BCUT2D eigenvalue weighted by Crippen LogP contribution is 2.15. The summed E-state index contributed by atoms with van der Waals surface area (Å²) >= 11 is 0. The van der Waals surface area contributed by atoms with E-state index in [4.69, 9.17) is 9.47 Å². The third kappa shape index (κ3) is 4.23. The molecule has 0 fully saturated rings. The Labute approximate surface area is 109 Å². The maximum absolute atomic E-state index is 5.43. The van der Waals surface area contributed by atoms with Crippen LogP contribution >= 0.6 is 0 Å². The summed E-state index contributed by atoms with van der Waals surface area (Å²) in [5.74, 6) is 1.74. The van der Waals surface area contributed by atoms with E-state index in [1.165, 1.54) is 0 Å². The van der Waals surface area contributed by atoms with Crippen LogP contribution in [0, 0.1) is 6.92 Å². The minimum atomic E-state index is 0.613. The number of aryl methyl sites for hydroxylation is 1. The second-order valence-corrected chi connectivity index (χ2v) is 4.02. The van der Waals surface area contributed by atoms with Crippen molar-refractivity contribution >= 4 is 5.82 Å². The van der Waals surface area contributed by atoms with Crippen LogP contribution in [0.25, 0.3) is 0 Å². The zero-order chi connectivity index (χ0) is 13.4. The molecule has 1 aromatic rings. The molecular weight excluding hydrogens is 230 g/mol. The first-order valence-electron chi connectivity index (χ1n) is 6.33. The first-order chi connectivity index (χ1) is 8.72. The third-order valence-corrected chi connectivity index (χ3v) is 2.77. The van der Waals surface area contributed by atoms with Crippen LogP contribution in [0.3, 0.4) is 0 Å². The summed E-state index contributed by atoms with van der Waals surface area (Å²) in [5.41, 5.74) is 2.23. The first-order valence-corrected chi connectivity index (χ1v) is 6.33. The van der Waals surface area contributed by atoms with Gasteiger partial charge in [-0.15, -0.1) is 0 Å². The van der Waals surface area contributed by atoms with Gasteiger partial charge in [0.1, 0.15) is 11.6 Å². The molecule has 0 amide bonds. The molecule has 0 aliphatic heterocycles. The van der Waals surface area contributed by atoms with Crippen molar-refractivity contribution in [3.63, 3.8) is 0 Å². The van der Waals surface area contributed by atoms with Crippen LogP contribution in [0.4, 0.5) is 5.82 Å². The maximum atomic E-state index is 5.43. The quantitative estimate of drug-likeness (QED) is 0.713. The number of hydrogen-bond acceptors (Lipinski definition) is 5. The van der Waals surface area contributed by atoms with Crippen LogP contribution in [0.2, 0.25) is 0 Å². The fraction of sp³-hybridized carbons (Fsp3) is 0.692. The second kappa shape index (κ2) is 8.00. The Bertz CT molecular complexity index is 344. The molecule has 0 aliphatic carbocycles. The topological polar surface area (TPSA) is 56.3 Å². The fourth-order valence-corrected chi connectivity index (χ4v) is 1.72. The summed E-state index contributed by atoms with van der Waals surface area (Å²) in [6.45, 7) is 6.01. The number of aromatic nitrogens is 2. The number of nitrogens with one attached hydrogen (secondary N) is 1. The average molecular weight is 253 g/mol. The summed E-state index contributed by atoms with van der Waals surface area (Å²) in [6.07, 6.45) is 1.65. The number of ether oxygens (including phenoxy) is 2. The Hall–Kier alpha value is -1.20. The van der Waals surface area contributed by atoms with Gasteiger partial charge in [0.15, 0.2) is 0 Å². The molecule has 1 aromatic heterocycles. The maximum Gasteiger partial charge on any atom is 0.133 e. The highest BCUT2D eigenvalue weighted by atomic mass is 16.5. The summed E-state index contributed by atoms with van der Waals surface area (Å²) < 4.78 is 10.3. The van der Waals surface area contributed by atoms with E-state index in [9.17, 15) is 0 Å². The van der Waals surface area contributed by atoms with Crippen molar-refractivity contribution in [1.82, 2.24) is 9.97 Å². The van der Waals surface area contributed by atoms with E-state index < -0.39 is 0 Å². The molecule has 1 heterocycles. The van der Waals surface area contributed by atoms with Crippen LogP contribution in [-0.2, 0) is 22.3 Å². The molecule has 0 bridgehead atoms. The molecule has 0 atom stereocenters. The van der Waals surface area contributed by atoms with Gasteiger partial charge in [-0.05, 0) is 13.3 Å². The summed E-state index contributed by atoms with van der Waals surface area (Å²) in [7, 11) is 3.55. The molecule has 0 spiro atoms. The SMILES string of the molecule is CCc1nc(CCOCCOC)nc(NC)c1C. The lowest BCUT2D eigenvalue weighted by Crippen LogP contribution is -2.10. The van der Waals surface area contributed by atoms with Crippen LogP contribution in [-0.4, -0.2) is 43.9 Å². The van der Waals surface area contributed by atoms with Gasteiger partial charge in [-0.2, -0.15) is 0 Å². The lowest BCUT2D eigenvalue weighted by atomic mass is 10.2. The molecule has 0 saturated carbocycles. The van der Waals surface area contributed by atoms with E-state index in [2.05, 4.69) is 22.2 Å². The van der Waals surface area contributed by atoms with Crippen molar-refractivity contribution in [3.05, 3.63) is 17.1 Å². The van der Waals surface area contributed by atoms with E-state index in [0.29, 0.717) is 19.8 Å². The van der Waals surface area contributed by atoms with Gasteiger partial charge in [0, 0.05) is 31.8 Å². The zero-order valence-corrected chi connectivity index (χ0v) is 11.7. The summed E-state index contributed by atoms with van der Waals surface area (Å²) in [4.78, 5) is 9.04. The van der Waals surface area contributed by atoms with Gasteiger partial charge in [0.25, 0.3) is 0 Å². The number of rotatable bonds is 8. The largest absolute Gasteiger partial charge is 0.382 e. The first kappa shape index (κ1) is 14.9. The molecular formula is C13H23N3O2. The molecule has 18 heavy (non-hydrogen) atoms. The molecule has 5 nitrogen and oxygen atoms in total. The van der Waals surface area contributed by atoms with Crippen LogP contribution < -0.4 is 5.32 Å². The lowest BCUT2D eigenvalue weighted by molar-refractivity contribution is 0.0716. The Balaban J connectivity index is 2.60. The zero-order valence-electron chi connectivity index (χ0n) is 11.7. The van der Waals surface area contributed by atoms with E-state index >= 15 is 0 Å². The number of hydrogen-bond donors (Lipinski definition) is 1.